The van der Waals surface area contributed by atoms with Crippen LogP contribution < -0.4 is 0 Å². The molecule has 0 N–H and O–H groups in total. The van der Waals surface area contributed by atoms with Gasteiger partial charge < -0.3 is 4.74 Å². The predicted molar refractivity (Wildman–Crippen MR) is 137 cm³/mol. The van der Waals surface area contributed by atoms with Gasteiger partial charge in [0.2, 0.25) is 5.82 Å². The van der Waals surface area contributed by atoms with E-state index in [9.17, 15) is 13.2 Å². The van der Waals surface area contributed by atoms with Crippen LogP contribution in [0.3, 0.4) is 0 Å². The molecule has 3 aromatic rings. The van der Waals surface area contributed by atoms with Gasteiger partial charge in [0.25, 0.3) is 0 Å². The minimum absolute atomic E-state index is 0.225. The topological polar surface area (TPSA) is 69.0 Å². The van der Waals surface area contributed by atoms with Gasteiger partial charge in [-0.25, -0.2) is 0 Å². The Morgan fingerprint density at radius 3 is 2.61 bits per heavy atom. The smallest absolute Gasteiger partial charge is 0.358 e. The number of alkyl halides is 3. The van der Waals surface area contributed by atoms with Crippen molar-refractivity contribution in [2.75, 3.05) is 13.2 Å². The molecule has 0 spiro atoms. The van der Waals surface area contributed by atoms with Crippen molar-refractivity contribution in [1.82, 2.24) is 30.1 Å². The maximum absolute atomic E-state index is 13.5. The molecule has 0 radical (unpaired) electrons. The number of pyridine rings is 1. The molecule has 12 heteroatoms. The SMILES string of the molecule is C[C@@H]1Cc2cc(-c3nnn(COCC[Si](C)(C)C)n3)ccc2[C@@H](c2ccc(Br)cn2)N1CC(F)(F)F. The Morgan fingerprint density at radius 1 is 1.17 bits per heavy atom. The lowest BCUT2D eigenvalue weighted by Crippen LogP contribution is -2.47. The largest absolute Gasteiger partial charge is 0.401 e. The summed E-state index contributed by atoms with van der Waals surface area (Å²) in [5.74, 6) is 0.454. The minimum Gasteiger partial charge on any atom is -0.358 e. The van der Waals surface area contributed by atoms with Crippen LogP contribution in [0, 0.1) is 0 Å². The van der Waals surface area contributed by atoms with E-state index < -0.39 is 26.8 Å². The molecule has 1 aromatic carbocycles. The molecule has 0 amide bonds. The zero-order valence-electron chi connectivity index (χ0n) is 20.8. The van der Waals surface area contributed by atoms with Crippen LogP contribution >= 0.6 is 15.9 Å². The summed E-state index contributed by atoms with van der Waals surface area (Å²) in [6.45, 7) is 8.56. The standard InChI is InChI=1S/C24H30BrF3N6OSi/c1-16-11-18-12-17(23-30-32-34(31-23)15-35-9-10-36(2,3)4)5-7-20(18)22(33(16)14-24(26,27)28)21-8-6-19(25)13-29-21/h5-8,12-13,16,22H,9-11,14-15H2,1-4H3/t16-,22+/m1/s1. The molecule has 3 heterocycles. The molecular weight excluding hydrogens is 553 g/mol. The first-order chi connectivity index (χ1) is 16.9. The number of fused-ring (bicyclic) bond motifs is 1. The number of nitrogens with zero attached hydrogens (tertiary/aromatic N) is 6. The second-order valence-electron chi connectivity index (χ2n) is 10.4. The van der Waals surface area contributed by atoms with Crippen LogP contribution in [0.5, 0.6) is 0 Å². The van der Waals surface area contributed by atoms with Gasteiger partial charge in [0, 0.05) is 37.0 Å². The van der Waals surface area contributed by atoms with Crippen molar-refractivity contribution in [3.05, 3.63) is 57.8 Å². The first-order valence-corrected chi connectivity index (χ1v) is 16.3. The van der Waals surface area contributed by atoms with Crippen LogP contribution in [0.2, 0.25) is 25.7 Å². The molecule has 0 saturated heterocycles. The summed E-state index contributed by atoms with van der Waals surface area (Å²) in [7, 11) is -1.18. The summed E-state index contributed by atoms with van der Waals surface area (Å²) in [5, 5.41) is 12.7. The molecule has 0 aliphatic carbocycles. The van der Waals surface area contributed by atoms with Crippen molar-refractivity contribution in [3.8, 4) is 11.4 Å². The number of hydrogen-bond acceptors (Lipinski definition) is 6. The molecule has 0 fully saturated rings. The van der Waals surface area contributed by atoms with E-state index in [1.165, 1.54) is 9.70 Å². The van der Waals surface area contributed by atoms with Crippen LogP contribution in [0.4, 0.5) is 13.2 Å². The van der Waals surface area contributed by atoms with Crippen molar-refractivity contribution in [2.45, 2.75) is 64.0 Å². The summed E-state index contributed by atoms with van der Waals surface area (Å²) in [6.07, 6.45) is -2.23. The third-order valence-corrected chi connectivity index (χ3v) is 8.33. The van der Waals surface area contributed by atoms with Crippen LogP contribution in [-0.4, -0.2) is 63.5 Å². The molecule has 2 aromatic heterocycles. The predicted octanol–water partition coefficient (Wildman–Crippen LogP) is 5.71. The molecule has 1 aliphatic rings. The third-order valence-electron chi connectivity index (χ3n) is 6.16. The van der Waals surface area contributed by atoms with Gasteiger partial charge in [-0.2, -0.15) is 13.2 Å². The van der Waals surface area contributed by atoms with E-state index in [0.717, 1.165) is 27.2 Å². The van der Waals surface area contributed by atoms with Gasteiger partial charge in [0.15, 0.2) is 6.73 Å². The zero-order valence-corrected chi connectivity index (χ0v) is 23.3. The molecule has 0 unspecified atom stereocenters. The molecule has 0 saturated carbocycles. The van der Waals surface area contributed by atoms with Gasteiger partial charge in [-0.05, 0) is 69.9 Å². The molecule has 36 heavy (non-hydrogen) atoms. The van der Waals surface area contributed by atoms with Crippen LogP contribution in [0.25, 0.3) is 11.4 Å². The Hall–Kier alpha value is -2.15. The van der Waals surface area contributed by atoms with Crippen LogP contribution in [-0.2, 0) is 17.9 Å². The zero-order chi connectivity index (χ0) is 26.1. The number of ether oxygens (including phenoxy) is 1. The van der Waals surface area contributed by atoms with E-state index in [1.807, 2.05) is 25.1 Å². The van der Waals surface area contributed by atoms with E-state index in [1.54, 1.807) is 18.3 Å². The molecule has 7 nitrogen and oxygen atoms in total. The normalized spacial score (nSPS) is 18.9. The van der Waals surface area contributed by atoms with Crippen molar-refractivity contribution in [2.24, 2.45) is 0 Å². The maximum atomic E-state index is 13.5. The molecule has 4 rings (SSSR count). The summed E-state index contributed by atoms with van der Waals surface area (Å²) in [6, 6.07) is 9.31. The fraction of sp³-hybridized carbons (Fsp3) is 0.500. The highest BCUT2D eigenvalue weighted by Crippen LogP contribution is 2.40. The molecular formula is C24H30BrF3N6OSi. The van der Waals surface area contributed by atoms with Crippen molar-refractivity contribution < 1.29 is 17.9 Å². The third kappa shape index (κ3) is 6.78. The van der Waals surface area contributed by atoms with Crippen LogP contribution in [0.15, 0.2) is 41.0 Å². The molecule has 2 atom stereocenters. The minimum atomic E-state index is -4.32. The lowest BCUT2D eigenvalue weighted by molar-refractivity contribution is -0.155. The Bertz CT molecular complexity index is 1180. The van der Waals surface area contributed by atoms with Gasteiger partial charge in [-0.1, -0.05) is 31.8 Å². The molecule has 1 aliphatic heterocycles. The first-order valence-electron chi connectivity index (χ1n) is 11.8. The second kappa shape index (κ2) is 10.7. The number of benzene rings is 1. The van der Waals surface area contributed by atoms with Crippen molar-refractivity contribution in [1.29, 1.82) is 0 Å². The van der Waals surface area contributed by atoms with Crippen molar-refractivity contribution in [3.63, 3.8) is 0 Å². The number of hydrogen-bond donors (Lipinski definition) is 0. The fourth-order valence-electron chi connectivity index (χ4n) is 4.33. The molecule has 194 valence electrons. The number of tetrazole rings is 1. The average molecular weight is 584 g/mol. The molecule has 0 bridgehead atoms. The van der Waals surface area contributed by atoms with Gasteiger partial charge in [0.1, 0.15) is 0 Å². The van der Waals surface area contributed by atoms with Gasteiger partial charge in [0.05, 0.1) is 18.3 Å². The lowest BCUT2D eigenvalue weighted by atomic mass is 9.85. The van der Waals surface area contributed by atoms with E-state index in [4.69, 9.17) is 4.74 Å². The van der Waals surface area contributed by atoms with E-state index in [-0.39, 0.29) is 12.8 Å². The summed E-state index contributed by atoms with van der Waals surface area (Å²) in [5.41, 5.74) is 3.09. The highest BCUT2D eigenvalue weighted by Gasteiger charge is 2.41. The lowest BCUT2D eigenvalue weighted by Gasteiger charge is -2.42. The number of rotatable bonds is 8. The average Bonchev–Trinajstić information content (AvgIpc) is 3.25. The van der Waals surface area contributed by atoms with Gasteiger partial charge in [-0.15, -0.1) is 15.0 Å². The van der Waals surface area contributed by atoms with E-state index >= 15 is 0 Å². The summed E-state index contributed by atoms with van der Waals surface area (Å²) >= 11 is 3.36. The summed E-state index contributed by atoms with van der Waals surface area (Å²) < 4.78 is 47.0. The van der Waals surface area contributed by atoms with Crippen molar-refractivity contribution >= 4 is 24.0 Å². The van der Waals surface area contributed by atoms with E-state index in [2.05, 4.69) is 56.0 Å². The maximum Gasteiger partial charge on any atom is 0.401 e. The number of halogens is 4. The van der Waals surface area contributed by atoms with Crippen LogP contribution in [0.1, 0.15) is 29.8 Å². The quantitative estimate of drug-likeness (QED) is 0.250. The Balaban J connectivity index is 1.59. The Kier molecular flexibility index (Phi) is 7.98. The Labute approximate surface area is 218 Å². The number of aromatic nitrogens is 5. The highest BCUT2D eigenvalue weighted by molar-refractivity contribution is 9.10. The first kappa shape index (κ1) is 26.9. The second-order valence-corrected chi connectivity index (χ2v) is 16.9. The fourth-order valence-corrected chi connectivity index (χ4v) is 5.32. The van der Waals surface area contributed by atoms with Gasteiger partial charge in [-0.3, -0.25) is 9.88 Å². The monoisotopic (exact) mass is 582 g/mol. The Morgan fingerprint density at radius 2 is 1.94 bits per heavy atom. The van der Waals surface area contributed by atoms with E-state index in [0.29, 0.717) is 24.5 Å². The highest BCUT2D eigenvalue weighted by atomic mass is 79.9. The van der Waals surface area contributed by atoms with Gasteiger partial charge >= 0.3 is 6.18 Å². The summed E-state index contributed by atoms with van der Waals surface area (Å²) in [4.78, 5) is 7.34.